The van der Waals surface area contributed by atoms with E-state index in [1.54, 1.807) is 12.1 Å². The van der Waals surface area contributed by atoms with Crippen molar-refractivity contribution >= 4 is 39.8 Å². The lowest BCUT2D eigenvalue weighted by atomic mass is 9.93. The van der Waals surface area contributed by atoms with Crippen LogP contribution in [0.3, 0.4) is 0 Å². The van der Waals surface area contributed by atoms with Gasteiger partial charge in [-0.25, -0.2) is 4.39 Å². The SMILES string of the molecule is CN1CCC(NC(=O)c2ccccc2)CC1c1[nH]nc2cc(Nc3ccc(Cl)cc3F)ccc12. The van der Waals surface area contributed by atoms with Gasteiger partial charge in [0.25, 0.3) is 5.91 Å². The van der Waals surface area contributed by atoms with E-state index in [1.165, 1.54) is 6.07 Å². The zero-order chi connectivity index (χ0) is 23.7. The van der Waals surface area contributed by atoms with Crippen LogP contribution in [0.1, 0.15) is 34.9 Å². The number of aromatic amines is 1. The Morgan fingerprint density at radius 1 is 1.15 bits per heavy atom. The zero-order valence-electron chi connectivity index (χ0n) is 18.7. The molecule has 6 nitrogen and oxygen atoms in total. The predicted octanol–water partition coefficient (Wildman–Crippen LogP) is 5.66. The highest BCUT2D eigenvalue weighted by molar-refractivity contribution is 6.30. The second kappa shape index (κ2) is 9.44. The molecule has 3 aromatic carbocycles. The number of H-pyrrole nitrogens is 1. The van der Waals surface area contributed by atoms with Crippen molar-refractivity contribution < 1.29 is 9.18 Å². The molecule has 3 N–H and O–H groups in total. The van der Waals surface area contributed by atoms with Crippen molar-refractivity contribution in [3.8, 4) is 0 Å². The number of benzene rings is 3. The maximum Gasteiger partial charge on any atom is 0.251 e. The molecule has 0 aliphatic carbocycles. The molecule has 0 radical (unpaired) electrons. The van der Waals surface area contributed by atoms with Crippen molar-refractivity contribution in [1.29, 1.82) is 0 Å². The fourth-order valence-corrected chi connectivity index (χ4v) is 4.68. The smallest absolute Gasteiger partial charge is 0.251 e. The van der Waals surface area contributed by atoms with Crippen LogP contribution in [0, 0.1) is 5.82 Å². The Labute approximate surface area is 202 Å². The van der Waals surface area contributed by atoms with Gasteiger partial charge >= 0.3 is 0 Å². The second-order valence-electron chi connectivity index (χ2n) is 8.68. The number of likely N-dealkylation sites (tertiary alicyclic amines) is 1. The Morgan fingerprint density at radius 2 is 1.97 bits per heavy atom. The molecule has 4 aromatic rings. The van der Waals surface area contributed by atoms with E-state index in [4.69, 9.17) is 11.6 Å². The van der Waals surface area contributed by atoms with Crippen molar-refractivity contribution in [2.45, 2.75) is 24.9 Å². The van der Waals surface area contributed by atoms with Gasteiger partial charge in [-0.05, 0) is 68.4 Å². The average Bonchev–Trinajstić information content (AvgIpc) is 3.26. The minimum Gasteiger partial charge on any atom is -0.353 e. The van der Waals surface area contributed by atoms with Crippen molar-refractivity contribution in [1.82, 2.24) is 20.4 Å². The number of aromatic nitrogens is 2. The highest BCUT2D eigenvalue weighted by Gasteiger charge is 2.30. The van der Waals surface area contributed by atoms with E-state index >= 15 is 0 Å². The summed E-state index contributed by atoms with van der Waals surface area (Å²) in [4.78, 5) is 14.9. The number of carbonyl (C=O) groups is 1. The standard InChI is InChI=1S/C26H25ClFN5O/c1-33-12-11-19(30-26(34)16-5-3-2-4-6-16)15-24(33)25-20-9-8-18(14-23(20)31-32-25)29-22-10-7-17(27)13-21(22)28/h2-10,13-14,19,24,29H,11-12,15H2,1H3,(H,30,34)(H,31,32). The van der Waals surface area contributed by atoms with E-state index in [2.05, 4.69) is 32.8 Å². The van der Waals surface area contributed by atoms with Crippen LogP contribution < -0.4 is 10.6 Å². The number of hydrogen-bond donors (Lipinski definition) is 3. The molecular formula is C26H25ClFN5O. The maximum absolute atomic E-state index is 14.2. The molecule has 2 atom stereocenters. The van der Waals surface area contributed by atoms with Gasteiger partial charge in [0.1, 0.15) is 5.82 Å². The zero-order valence-corrected chi connectivity index (χ0v) is 19.4. The topological polar surface area (TPSA) is 73.0 Å². The number of fused-ring (bicyclic) bond motifs is 1. The first kappa shape index (κ1) is 22.4. The lowest BCUT2D eigenvalue weighted by Crippen LogP contribution is -2.45. The third kappa shape index (κ3) is 4.62. The van der Waals surface area contributed by atoms with E-state index < -0.39 is 5.82 Å². The summed E-state index contributed by atoms with van der Waals surface area (Å²) in [5.41, 5.74) is 3.56. The van der Waals surface area contributed by atoms with Gasteiger partial charge < -0.3 is 10.6 Å². The van der Waals surface area contributed by atoms with Crippen molar-refractivity contribution in [2.75, 3.05) is 18.9 Å². The quantitative estimate of drug-likeness (QED) is 0.346. The number of hydrogen-bond acceptors (Lipinski definition) is 4. The summed E-state index contributed by atoms with van der Waals surface area (Å²) in [5, 5.41) is 15.3. The van der Waals surface area contributed by atoms with Gasteiger partial charge in [-0.15, -0.1) is 0 Å². The fraction of sp³-hybridized carbons (Fsp3) is 0.231. The predicted molar refractivity (Wildman–Crippen MR) is 133 cm³/mol. The monoisotopic (exact) mass is 477 g/mol. The van der Waals surface area contributed by atoms with Crippen LogP contribution in [-0.4, -0.2) is 40.6 Å². The van der Waals surface area contributed by atoms with E-state index in [0.29, 0.717) is 16.3 Å². The second-order valence-corrected chi connectivity index (χ2v) is 9.11. The highest BCUT2D eigenvalue weighted by atomic mass is 35.5. The first-order valence-electron chi connectivity index (χ1n) is 11.2. The van der Waals surface area contributed by atoms with E-state index in [1.807, 2.05) is 48.5 Å². The maximum atomic E-state index is 14.2. The van der Waals surface area contributed by atoms with Gasteiger partial charge in [0, 0.05) is 34.2 Å². The number of carbonyl (C=O) groups excluding carboxylic acids is 1. The summed E-state index contributed by atoms with van der Waals surface area (Å²) in [6.45, 7) is 0.862. The van der Waals surface area contributed by atoms with Crippen LogP contribution in [0.4, 0.5) is 15.8 Å². The Bertz CT molecular complexity index is 1330. The normalized spacial score (nSPS) is 18.7. The molecule has 1 amide bonds. The van der Waals surface area contributed by atoms with E-state index in [-0.39, 0.29) is 18.0 Å². The van der Waals surface area contributed by atoms with Crippen LogP contribution in [0.2, 0.25) is 5.02 Å². The van der Waals surface area contributed by atoms with Crippen LogP contribution in [0.15, 0.2) is 66.7 Å². The summed E-state index contributed by atoms with van der Waals surface area (Å²) in [7, 11) is 2.09. The number of nitrogens with one attached hydrogen (secondary N) is 3. The first-order chi connectivity index (χ1) is 16.5. The molecule has 0 bridgehead atoms. The number of amides is 1. The van der Waals surface area contributed by atoms with Crippen molar-refractivity contribution in [2.24, 2.45) is 0 Å². The Balaban J connectivity index is 1.34. The molecule has 1 saturated heterocycles. The molecule has 5 rings (SSSR count). The number of rotatable bonds is 5. The fourth-order valence-electron chi connectivity index (χ4n) is 4.52. The van der Waals surface area contributed by atoms with Crippen LogP contribution in [-0.2, 0) is 0 Å². The molecule has 0 spiro atoms. The minimum absolute atomic E-state index is 0.0477. The average molecular weight is 478 g/mol. The van der Waals surface area contributed by atoms with Gasteiger partial charge in [0.05, 0.1) is 22.9 Å². The molecule has 2 unspecified atom stereocenters. The van der Waals surface area contributed by atoms with Gasteiger partial charge in [-0.3, -0.25) is 14.8 Å². The molecule has 1 aliphatic rings. The summed E-state index contributed by atoms with van der Waals surface area (Å²) in [5.74, 6) is -0.462. The van der Waals surface area contributed by atoms with Crippen LogP contribution in [0.25, 0.3) is 10.9 Å². The molecule has 174 valence electrons. The number of piperidine rings is 1. The molecule has 2 heterocycles. The minimum atomic E-state index is -0.414. The molecule has 1 aliphatic heterocycles. The van der Waals surface area contributed by atoms with Crippen LogP contribution >= 0.6 is 11.6 Å². The molecule has 1 aromatic heterocycles. The Hall–Kier alpha value is -3.42. The largest absolute Gasteiger partial charge is 0.353 e. The molecule has 34 heavy (non-hydrogen) atoms. The summed E-state index contributed by atoms with van der Waals surface area (Å²) >= 11 is 5.85. The van der Waals surface area contributed by atoms with E-state index in [9.17, 15) is 9.18 Å². The van der Waals surface area contributed by atoms with Gasteiger partial charge in [-0.1, -0.05) is 29.8 Å². The molecule has 0 saturated carbocycles. The third-order valence-corrected chi connectivity index (χ3v) is 6.60. The molecule has 8 heteroatoms. The van der Waals surface area contributed by atoms with Gasteiger partial charge in [-0.2, -0.15) is 5.10 Å². The summed E-state index contributed by atoms with van der Waals surface area (Å²) in [6, 6.07) is 19.8. The lowest BCUT2D eigenvalue weighted by Gasteiger charge is -2.37. The van der Waals surface area contributed by atoms with Crippen molar-refractivity contribution in [3.63, 3.8) is 0 Å². The number of anilines is 2. The summed E-state index contributed by atoms with van der Waals surface area (Å²) in [6.07, 6.45) is 1.67. The van der Waals surface area contributed by atoms with Gasteiger partial charge in [0.2, 0.25) is 0 Å². The number of nitrogens with zero attached hydrogens (tertiary/aromatic N) is 2. The van der Waals surface area contributed by atoms with E-state index in [0.717, 1.165) is 41.7 Å². The molecule has 1 fully saturated rings. The Kier molecular flexibility index (Phi) is 6.22. The van der Waals surface area contributed by atoms with Crippen molar-refractivity contribution in [3.05, 3.63) is 88.8 Å². The van der Waals surface area contributed by atoms with Gasteiger partial charge in [0.15, 0.2) is 0 Å². The van der Waals surface area contributed by atoms with Crippen LogP contribution in [0.5, 0.6) is 0 Å². The lowest BCUT2D eigenvalue weighted by molar-refractivity contribution is 0.0887. The first-order valence-corrected chi connectivity index (χ1v) is 11.6. The highest BCUT2D eigenvalue weighted by Crippen LogP contribution is 2.34. The molecular weight excluding hydrogens is 453 g/mol. The number of halogens is 2. The third-order valence-electron chi connectivity index (χ3n) is 6.37. The summed E-state index contributed by atoms with van der Waals surface area (Å²) < 4.78 is 14.2. The Morgan fingerprint density at radius 3 is 2.76 bits per heavy atom.